The zero-order valence-corrected chi connectivity index (χ0v) is 25.5. The van der Waals surface area contributed by atoms with Gasteiger partial charge in [-0.3, -0.25) is 19.2 Å². The number of carbonyl (C=O) groups is 4. The Hall–Kier alpha value is -1.09. The monoisotopic (exact) mass is 584 g/mol. The molecule has 0 spiro atoms. The number of ketones is 1. The van der Waals surface area contributed by atoms with Crippen molar-refractivity contribution in [2.75, 3.05) is 27.6 Å². The lowest BCUT2D eigenvalue weighted by molar-refractivity contribution is -0.167. The van der Waals surface area contributed by atoms with Crippen molar-refractivity contribution in [3.05, 3.63) is 0 Å². The summed E-state index contributed by atoms with van der Waals surface area (Å²) in [5.74, 6) is -2.10. The molecule has 198 valence electrons. The van der Waals surface area contributed by atoms with Crippen LogP contribution >= 0.6 is 15.9 Å². The van der Waals surface area contributed by atoms with Crippen LogP contribution < -0.4 is 0 Å². The number of ether oxygens (including phenoxy) is 3. The standard InChI is InChI=1S/C22H41BrO9Si2/c1-16(10-17(2)20(26)30-12-18(24)13-33(6,7)8)11-22(3,23)21(27)32-15-31-19(25)14-34(9,28-4)29-5/h16-17H,10-15H2,1-9H3. The highest BCUT2D eigenvalue weighted by molar-refractivity contribution is 9.10. The van der Waals surface area contributed by atoms with Crippen molar-refractivity contribution in [1.29, 1.82) is 0 Å². The van der Waals surface area contributed by atoms with Crippen molar-refractivity contribution in [3.63, 3.8) is 0 Å². The Kier molecular flexibility index (Phi) is 14.0. The minimum atomic E-state index is -2.62. The maximum absolute atomic E-state index is 12.5. The molecule has 0 aliphatic carbocycles. The molecule has 0 amide bonds. The lowest BCUT2D eigenvalue weighted by Crippen LogP contribution is -2.39. The fourth-order valence-corrected chi connectivity index (χ4v) is 6.33. The third-order valence-corrected chi connectivity index (χ3v) is 9.92. The summed E-state index contributed by atoms with van der Waals surface area (Å²) in [6.45, 7) is 12.6. The minimum Gasteiger partial charge on any atom is -0.457 e. The molecule has 0 N–H and O–H groups in total. The van der Waals surface area contributed by atoms with E-state index in [1.54, 1.807) is 20.4 Å². The van der Waals surface area contributed by atoms with Crippen LogP contribution in [0, 0.1) is 11.8 Å². The van der Waals surface area contributed by atoms with E-state index >= 15 is 0 Å². The quantitative estimate of drug-likeness (QED) is 0.115. The van der Waals surface area contributed by atoms with Crippen LogP contribution in [-0.2, 0) is 42.2 Å². The second kappa shape index (κ2) is 14.5. The van der Waals surface area contributed by atoms with Gasteiger partial charge in [0.1, 0.15) is 10.9 Å². The zero-order chi connectivity index (χ0) is 26.7. The third-order valence-electron chi connectivity index (χ3n) is 5.16. The fraction of sp³-hybridized carbons (Fsp3) is 0.818. The molecule has 3 unspecified atom stereocenters. The lowest BCUT2D eigenvalue weighted by atomic mass is 9.89. The maximum atomic E-state index is 12.5. The summed E-state index contributed by atoms with van der Waals surface area (Å²) in [4.78, 5) is 48.6. The van der Waals surface area contributed by atoms with E-state index in [0.717, 1.165) is 0 Å². The Bertz CT molecular complexity index is 703. The highest BCUT2D eigenvalue weighted by atomic mass is 79.9. The Morgan fingerprint density at radius 1 is 0.912 bits per heavy atom. The van der Waals surface area contributed by atoms with Crippen LogP contribution in [-0.4, -0.2) is 72.3 Å². The summed E-state index contributed by atoms with van der Waals surface area (Å²) in [5, 5.41) is 0. The molecule has 0 heterocycles. The number of rotatable bonds is 16. The molecule has 0 fully saturated rings. The molecule has 0 radical (unpaired) electrons. The molecule has 0 aromatic heterocycles. The van der Waals surface area contributed by atoms with E-state index in [1.165, 1.54) is 14.2 Å². The van der Waals surface area contributed by atoms with Gasteiger partial charge in [0.15, 0.2) is 5.78 Å². The first-order valence-electron chi connectivity index (χ1n) is 11.2. The van der Waals surface area contributed by atoms with Crippen molar-refractivity contribution >= 4 is 56.3 Å². The highest BCUT2D eigenvalue weighted by Gasteiger charge is 2.36. The van der Waals surface area contributed by atoms with Gasteiger partial charge in [0.2, 0.25) is 6.79 Å². The van der Waals surface area contributed by atoms with Gasteiger partial charge in [-0.25, -0.2) is 0 Å². The van der Waals surface area contributed by atoms with E-state index in [-0.39, 0.29) is 24.4 Å². The predicted octanol–water partition coefficient (Wildman–Crippen LogP) is 4.05. The van der Waals surface area contributed by atoms with Gasteiger partial charge in [0.25, 0.3) is 0 Å². The number of hydrogen-bond acceptors (Lipinski definition) is 9. The average molecular weight is 586 g/mol. The number of esters is 3. The summed E-state index contributed by atoms with van der Waals surface area (Å²) >= 11 is 3.39. The van der Waals surface area contributed by atoms with Crippen LogP contribution in [0.3, 0.4) is 0 Å². The van der Waals surface area contributed by atoms with Gasteiger partial charge in [0.05, 0.1) is 20.0 Å². The number of alkyl halides is 1. The third kappa shape index (κ3) is 13.7. The van der Waals surface area contributed by atoms with Crippen molar-refractivity contribution < 1.29 is 42.2 Å². The molecule has 0 aliphatic heterocycles. The fourth-order valence-electron chi connectivity index (χ4n) is 3.30. The molecular weight excluding hydrogens is 544 g/mol. The Balaban J connectivity index is 4.51. The SMILES string of the molecule is CO[Si](C)(CC(=O)OCOC(=O)C(C)(Br)CC(C)CC(C)C(=O)OCC(=O)C[Si](C)(C)C)OC. The van der Waals surface area contributed by atoms with E-state index < -0.39 is 51.6 Å². The van der Waals surface area contributed by atoms with Crippen molar-refractivity contribution in [2.45, 2.75) is 76.2 Å². The molecule has 0 aliphatic rings. The maximum Gasteiger partial charge on any atom is 0.345 e. The molecule has 0 rings (SSSR count). The number of Topliss-reactive ketones (excluding diaryl/α,β-unsaturated/α-hetero) is 1. The Morgan fingerprint density at radius 3 is 1.97 bits per heavy atom. The Labute approximate surface area is 213 Å². The lowest BCUT2D eigenvalue weighted by Gasteiger charge is -2.25. The number of halogens is 1. The van der Waals surface area contributed by atoms with Crippen LogP contribution in [0.1, 0.15) is 33.6 Å². The first-order valence-corrected chi connectivity index (χ1v) is 18.3. The number of carbonyl (C=O) groups excluding carboxylic acids is 4. The van der Waals surface area contributed by atoms with E-state index in [2.05, 4.69) is 35.6 Å². The Morgan fingerprint density at radius 2 is 1.47 bits per heavy atom. The second-order valence-corrected chi connectivity index (χ2v) is 21.0. The number of hydrogen-bond donors (Lipinski definition) is 0. The van der Waals surface area contributed by atoms with Crippen molar-refractivity contribution in [1.82, 2.24) is 0 Å². The van der Waals surface area contributed by atoms with E-state index in [0.29, 0.717) is 18.9 Å². The molecule has 3 atom stereocenters. The van der Waals surface area contributed by atoms with E-state index in [4.69, 9.17) is 23.1 Å². The van der Waals surface area contributed by atoms with Crippen LogP contribution in [0.15, 0.2) is 0 Å². The van der Waals surface area contributed by atoms with Crippen molar-refractivity contribution in [3.8, 4) is 0 Å². The first kappa shape index (κ1) is 32.9. The average Bonchev–Trinajstić information content (AvgIpc) is 2.69. The molecule has 34 heavy (non-hydrogen) atoms. The highest BCUT2D eigenvalue weighted by Crippen LogP contribution is 2.31. The zero-order valence-electron chi connectivity index (χ0n) is 21.9. The smallest absolute Gasteiger partial charge is 0.345 e. The summed E-state index contributed by atoms with van der Waals surface area (Å²) in [7, 11) is -1.23. The molecule has 9 nitrogen and oxygen atoms in total. The summed E-state index contributed by atoms with van der Waals surface area (Å²) in [5.41, 5.74) is 0. The molecular formula is C22H41BrO9Si2. The molecule has 0 bridgehead atoms. The van der Waals surface area contributed by atoms with Gasteiger partial charge >= 0.3 is 26.5 Å². The predicted molar refractivity (Wildman–Crippen MR) is 137 cm³/mol. The topological polar surface area (TPSA) is 114 Å². The van der Waals surface area contributed by atoms with E-state index in [1.807, 2.05) is 6.92 Å². The van der Waals surface area contributed by atoms with E-state index in [9.17, 15) is 19.2 Å². The van der Waals surface area contributed by atoms with Gasteiger partial charge in [-0.05, 0) is 32.2 Å². The van der Waals surface area contributed by atoms with Gasteiger partial charge in [0, 0.05) is 20.3 Å². The summed E-state index contributed by atoms with van der Waals surface area (Å²) < 4.78 is 24.7. The van der Waals surface area contributed by atoms with Crippen LogP contribution in [0.25, 0.3) is 0 Å². The normalized spacial score (nSPS) is 15.6. The van der Waals surface area contributed by atoms with Gasteiger partial charge in [-0.2, -0.15) is 0 Å². The second-order valence-electron chi connectivity index (χ2n) is 10.3. The largest absolute Gasteiger partial charge is 0.457 e. The van der Waals surface area contributed by atoms with Crippen LogP contribution in [0.4, 0.5) is 0 Å². The van der Waals surface area contributed by atoms with Crippen LogP contribution in [0.5, 0.6) is 0 Å². The van der Waals surface area contributed by atoms with Crippen LogP contribution in [0.2, 0.25) is 38.3 Å². The van der Waals surface area contributed by atoms with Gasteiger partial charge in [-0.15, -0.1) is 0 Å². The summed E-state index contributed by atoms with van der Waals surface area (Å²) in [6, 6.07) is 0.447. The minimum absolute atomic E-state index is 0.0299. The molecule has 0 aromatic carbocycles. The molecule has 0 saturated carbocycles. The van der Waals surface area contributed by atoms with Gasteiger partial charge < -0.3 is 23.1 Å². The molecule has 0 saturated heterocycles. The first-order chi connectivity index (χ1) is 15.4. The molecule has 12 heteroatoms. The summed E-state index contributed by atoms with van der Waals surface area (Å²) in [6.07, 6.45) is 0.853. The van der Waals surface area contributed by atoms with Gasteiger partial charge in [-0.1, -0.05) is 49.4 Å². The molecule has 0 aromatic rings. The van der Waals surface area contributed by atoms with Crippen molar-refractivity contribution in [2.24, 2.45) is 11.8 Å².